The van der Waals surface area contributed by atoms with Gasteiger partial charge in [0.2, 0.25) is 0 Å². The minimum Gasteiger partial charge on any atom is -0.356 e. The van der Waals surface area contributed by atoms with E-state index in [0.29, 0.717) is 5.41 Å². The van der Waals surface area contributed by atoms with Gasteiger partial charge >= 0.3 is 0 Å². The van der Waals surface area contributed by atoms with E-state index in [0.717, 1.165) is 29.1 Å². The van der Waals surface area contributed by atoms with E-state index in [1.54, 1.807) is 5.56 Å². The fourth-order valence-corrected chi connectivity index (χ4v) is 6.91. The van der Waals surface area contributed by atoms with Crippen LogP contribution in [0.2, 0.25) is 0 Å². The lowest BCUT2D eigenvalue weighted by Crippen LogP contribution is -2.48. The van der Waals surface area contributed by atoms with Crippen LogP contribution in [0.4, 0.5) is 11.4 Å². The van der Waals surface area contributed by atoms with Crippen LogP contribution in [-0.4, -0.2) is 0 Å². The van der Waals surface area contributed by atoms with Crippen molar-refractivity contribution in [2.45, 2.75) is 43.9 Å². The number of benzene rings is 3. The summed E-state index contributed by atoms with van der Waals surface area (Å²) in [5, 5.41) is 3.47. The SMILES string of the molecule is c1ccc(Nc2ccc(-c3ccc(C45CC6CC(CC(C6)C4)C5)cc3)cc2)cc1. The highest BCUT2D eigenvalue weighted by Crippen LogP contribution is 2.60. The van der Waals surface area contributed by atoms with Crippen LogP contribution in [0, 0.1) is 17.8 Å². The summed E-state index contributed by atoms with van der Waals surface area (Å²) in [6.45, 7) is 0. The van der Waals surface area contributed by atoms with Crippen LogP contribution in [-0.2, 0) is 5.41 Å². The molecule has 3 aromatic carbocycles. The van der Waals surface area contributed by atoms with Gasteiger partial charge in [-0.05, 0) is 103 Å². The van der Waals surface area contributed by atoms with Gasteiger partial charge in [0.05, 0.1) is 0 Å². The van der Waals surface area contributed by atoms with Crippen molar-refractivity contribution in [1.29, 1.82) is 0 Å². The standard InChI is InChI=1S/C28H29N/c1-2-4-26(5-3-1)29-27-12-8-24(9-13-27)23-6-10-25(11-7-23)28-17-20-14-21(18-28)16-22(15-20)19-28/h1-13,20-22,29H,14-19H2. The number of para-hydroxylation sites is 1. The summed E-state index contributed by atoms with van der Waals surface area (Å²) in [5.74, 6) is 3.02. The average Bonchev–Trinajstić information content (AvgIpc) is 2.74. The van der Waals surface area contributed by atoms with Crippen molar-refractivity contribution in [3.05, 3.63) is 84.4 Å². The zero-order valence-corrected chi connectivity index (χ0v) is 17.0. The summed E-state index contributed by atoms with van der Waals surface area (Å²) in [6.07, 6.45) is 8.87. The number of hydrogen-bond acceptors (Lipinski definition) is 1. The molecule has 4 fully saturated rings. The molecule has 3 aromatic rings. The fourth-order valence-electron chi connectivity index (χ4n) is 6.91. The normalized spacial score (nSPS) is 29.7. The minimum atomic E-state index is 0.497. The van der Waals surface area contributed by atoms with Gasteiger partial charge in [-0.15, -0.1) is 0 Å². The van der Waals surface area contributed by atoms with Crippen molar-refractivity contribution >= 4 is 11.4 Å². The summed E-state index contributed by atoms with van der Waals surface area (Å²) in [5.41, 5.74) is 6.98. The lowest BCUT2D eigenvalue weighted by molar-refractivity contribution is -0.00518. The molecule has 4 saturated carbocycles. The molecular weight excluding hydrogens is 350 g/mol. The Morgan fingerprint density at radius 2 is 1.03 bits per heavy atom. The molecule has 0 aliphatic heterocycles. The van der Waals surface area contributed by atoms with E-state index < -0.39 is 0 Å². The van der Waals surface area contributed by atoms with E-state index in [-0.39, 0.29) is 0 Å². The molecule has 0 heterocycles. The molecule has 0 radical (unpaired) electrons. The second kappa shape index (κ2) is 6.76. The van der Waals surface area contributed by atoms with E-state index in [1.807, 2.05) is 6.07 Å². The zero-order valence-electron chi connectivity index (χ0n) is 17.0. The van der Waals surface area contributed by atoms with E-state index in [2.05, 4.69) is 78.1 Å². The maximum Gasteiger partial charge on any atom is 0.0384 e. The second-order valence-corrected chi connectivity index (χ2v) is 9.84. The Bertz CT molecular complexity index is 949. The number of hydrogen-bond donors (Lipinski definition) is 1. The maximum atomic E-state index is 3.47. The van der Waals surface area contributed by atoms with Crippen LogP contribution in [0.25, 0.3) is 11.1 Å². The molecule has 146 valence electrons. The van der Waals surface area contributed by atoms with Gasteiger partial charge in [-0.1, -0.05) is 54.6 Å². The van der Waals surface area contributed by atoms with E-state index in [9.17, 15) is 0 Å². The third-order valence-electron chi connectivity index (χ3n) is 7.82. The second-order valence-electron chi connectivity index (χ2n) is 9.84. The van der Waals surface area contributed by atoms with Crippen molar-refractivity contribution in [3.8, 4) is 11.1 Å². The topological polar surface area (TPSA) is 12.0 Å². The molecule has 4 bridgehead atoms. The highest BCUT2D eigenvalue weighted by Gasteiger charge is 2.51. The van der Waals surface area contributed by atoms with Gasteiger partial charge in [0.25, 0.3) is 0 Å². The third kappa shape index (κ3) is 3.17. The smallest absolute Gasteiger partial charge is 0.0384 e. The monoisotopic (exact) mass is 379 g/mol. The van der Waals surface area contributed by atoms with Crippen LogP contribution < -0.4 is 5.32 Å². The predicted molar refractivity (Wildman–Crippen MR) is 121 cm³/mol. The molecule has 0 atom stereocenters. The van der Waals surface area contributed by atoms with E-state index in [4.69, 9.17) is 0 Å². The van der Waals surface area contributed by atoms with Crippen molar-refractivity contribution in [1.82, 2.24) is 0 Å². The Morgan fingerprint density at radius 1 is 0.552 bits per heavy atom. The van der Waals surface area contributed by atoms with Gasteiger partial charge in [-0.3, -0.25) is 0 Å². The Balaban J connectivity index is 1.21. The predicted octanol–water partition coefficient (Wildman–Crippen LogP) is 7.57. The van der Waals surface area contributed by atoms with Gasteiger partial charge in [0, 0.05) is 11.4 Å². The Labute approximate surface area is 174 Å². The molecule has 0 unspecified atom stereocenters. The first-order chi connectivity index (χ1) is 14.3. The van der Waals surface area contributed by atoms with Gasteiger partial charge in [-0.25, -0.2) is 0 Å². The van der Waals surface area contributed by atoms with Gasteiger partial charge in [0.1, 0.15) is 0 Å². The quantitative estimate of drug-likeness (QED) is 0.493. The molecule has 1 nitrogen and oxygen atoms in total. The summed E-state index contributed by atoms with van der Waals surface area (Å²) in [7, 11) is 0. The van der Waals surface area contributed by atoms with Crippen LogP contribution in [0.1, 0.15) is 44.1 Å². The first-order valence-electron chi connectivity index (χ1n) is 11.3. The van der Waals surface area contributed by atoms with Crippen LogP contribution >= 0.6 is 0 Å². The van der Waals surface area contributed by atoms with Gasteiger partial charge < -0.3 is 5.32 Å². The lowest BCUT2D eigenvalue weighted by Gasteiger charge is -2.57. The molecular formula is C28H29N. The van der Waals surface area contributed by atoms with Crippen molar-refractivity contribution in [2.24, 2.45) is 17.8 Å². The Morgan fingerprint density at radius 3 is 1.59 bits per heavy atom. The largest absolute Gasteiger partial charge is 0.356 e. The number of rotatable bonds is 4. The Kier molecular flexibility index (Phi) is 4.04. The highest BCUT2D eigenvalue weighted by atomic mass is 14.9. The van der Waals surface area contributed by atoms with Gasteiger partial charge in [-0.2, -0.15) is 0 Å². The van der Waals surface area contributed by atoms with Crippen LogP contribution in [0.5, 0.6) is 0 Å². The number of nitrogens with one attached hydrogen (secondary N) is 1. The zero-order chi connectivity index (χ0) is 19.3. The molecule has 0 aromatic heterocycles. The molecule has 1 N–H and O–H groups in total. The summed E-state index contributed by atoms with van der Waals surface area (Å²) in [4.78, 5) is 0. The summed E-state index contributed by atoms with van der Waals surface area (Å²) in [6, 6.07) is 28.7. The van der Waals surface area contributed by atoms with Crippen molar-refractivity contribution in [3.63, 3.8) is 0 Å². The molecule has 0 amide bonds. The summed E-state index contributed by atoms with van der Waals surface area (Å²) < 4.78 is 0. The third-order valence-corrected chi connectivity index (χ3v) is 7.82. The molecule has 4 aliphatic rings. The van der Waals surface area contributed by atoms with Crippen LogP contribution in [0.3, 0.4) is 0 Å². The first-order valence-corrected chi connectivity index (χ1v) is 11.3. The van der Waals surface area contributed by atoms with Crippen molar-refractivity contribution < 1.29 is 0 Å². The minimum absolute atomic E-state index is 0.497. The van der Waals surface area contributed by atoms with Gasteiger partial charge in [0.15, 0.2) is 0 Å². The molecule has 29 heavy (non-hydrogen) atoms. The first kappa shape index (κ1) is 17.3. The summed E-state index contributed by atoms with van der Waals surface area (Å²) >= 11 is 0. The van der Waals surface area contributed by atoms with Crippen LogP contribution in [0.15, 0.2) is 78.9 Å². The average molecular weight is 380 g/mol. The highest BCUT2D eigenvalue weighted by molar-refractivity contribution is 5.68. The Hall–Kier alpha value is -2.54. The van der Waals surface area contributed by atoms with E-state index >= 15 is 0 Å². The molecule has 0 spiro atoms. The maximum absolute atomic E-state index is 3.47. The molecule has 4 aliphatic carbocycles. The fraction of sp³-hybridized carbons (Fsp3) is 0.357. The molecule has 1 heteroatoms. The van der Waals surface area contributed by atoms with E-state index in [1.165, 1.54) is 49.7 Å². The molecule has 7 rings (SSSR count). The molecule has 0 saturated heterocycles. The van der Waals surface area contributed by atoms with Crippen molar-refractivity contribution in [2.75, 3.05) is 5.32 Å². The lowest BCUT2D eigenvalue weighted by atomic mass is 9.48. The number of anilines is 2.